The molecule has 1 N–H and O–H groups in total. The molecule has 100 valence electrons. The SMILES string of the molecule is C=CCn1ncc(NCCCS(C)=O)c(Br)c1=O. The highest BCUT2D eigenvalue weighted by molar-refractivity contribution is 9.10. The molecule has 0 aliphatic carbocycles. The van der Waals surface area contributed by atoms with Crippen molar-refractivity contribution in [2.45, 2.75) is 13.0 Å². The van der Waals surface area contributed by atoms with Crippen molar-refractivity contribution in [3.8, 4) is 0 Å². The Bertz CT molecular complexity index is 502. The van der Waals surface area contributed by atoms with Crippen LogP contribution in [0, 0.1) is 0 Å². The summed E-state index contributed by atoms with van der Waals surface area (Å²) < 4.78 is 12.7. The minimum Gasteiger partial charge on any atom is -0.383 e. The number of anilines is 1. The molecule has 0 spiro atoms. The van der Waals surface area contributed by atoms with E-state index >= 15 is 0 Å². The van der Waals surface area contributed by atoms with Gasteiger partial charge in [0.15, 0.2) is 0 Å². The molecule has 1 aromatic rings. The van der Waals surface area contributed by atoms with Crippen LogP contribution in [-0.4, -0.2) is 32.5 Å². The normalized spacial score (nSPS) is 12.1. The van der Waals surface area contributed by atoms with Crippen LogP contribution in [0.2, 0.25) is 0 Å². The Morgan fingerprint density at radius 2 is 2.39 bits per heavy atom. The Morgan fingerprint density at radius 1 is 1.67 bits per heavy atom. The second-order valence-corrected chi connectivity index (χ2v) is 6.05. The lowest BCUT2D eigenvalue weighted by Crippen LogP contribution is -2.24. The molecule has 0 aliphatic heterocycles. The third kappa shape index (κ3) is 4.38. The molecule has 0 bridgehead atoms. The Balaban J connectivity index is 2.67. The molecule has 1 unspecified atom stereocenters. The van der Waals surface area contributed by atoms with Gasteiger partial charge in [0.1, 0.15) is 4.47 Å². The maximum absolute atomic E-state index is 11.8. The molecule has 0 radical (unpaired) electrons. The summed E-state index contributed by atoms with van der Waals surface area (Å²) in [6.45, 7) is 4.61. The Kier molecular flexibility index (Phi) is 6.28. The first kappa shape index (κ1) is 15.1. The molecular weight excluding hydrogens is 318 g/mol. The van der Waals surface area contributed by atoms with E-state index in [1.165, 1.54) is 4.68 Å². The number of hydrogen-bond donors (Lipinski definition) is 1. The van der Waals surface area contributed by atoms with Gasteiger partial charge in [-0.1, -0.05) is 6.08 Å². The zero-order valence-corrected chi connectivity index (χ0v) is 12.6. The van der Waals surface area contributed by atoms with Gasteiger partial charge in [-0.25, -0.2) is 4.68 Å². The summed E-state index contributed by atoms with van der Waals surface area (Å²) in [6, 6.07) is 0. The Morgan fingerprint density at radius 3 is 3.00 bits per heavy atom. The van der Waals surface area contributed by atoms with E-state index in [4.69, 9.17) is 0 Å². The Hall–Kier alpha value is -0.950. The smallest absolute Gasteiger partial charge is 0.283 e. The first-order valence-corrected chi connectivity index (χ1v) is 7.98. The summed E-state index contributed by atoms with van der Waals surface area (Å²) in [5.41, 5.74) is 0.459. The van der Waals surface area contributed by atoms with Gasteiger partial charge in [0, 0.05) is 29.4 Å². The number of aromatic nitrogens is 2. The number of hydrogen-bond acceptors (Lipinski definition) is 4. The van der Waals surface area contributed by atoms with Gasteiger partial charge in [0.05, 0.1) is 18.4 Å². The van der Waals surface area contributed by atoms with E-state index in [1.54, 1.807) is 18.5 Å². The van der Waals surface area contributed by atoms with E-state index < -0.39 is 10.8 Å². The fourth-order valence-corrected chi connectivity index (χ4v) is 2.34. The van der Waals surface area contributed by atoms with Crippen molar-refractivity contribution < 1.29 is 4.21 Å². The molecule has 0 amide bonds. The number of rotatable bonds is 7. The maximum atomic E-state index is 11.8. The average molecular weight is 334 g/mol. The van der Waals surface area contributed by atoms with Crippen LogP contribution in [0.1, 0.15) is 6.42 Å². The van der Waals surface area contributed by atoms with Crippen LogP contribution < -0.4 is 10.9 Å². The number of halogens is 1. The summed E-state index contributed by atoms with van der Waals surface area (Å²) in [5.74, 6) is 0.644. The van der Waals surface area contributed by atoms with Crippen molar-refractivity contribution in [3.05, 3.63) is 33.7 Å². The van der Waals surface area contributed by atoms with Crippen LogP contribution in [0.15, 0.2) is 28.1 Å². The summed E-state index contributed by atoms with van der Waals surface area (Å²) in [6.07, 6.45) is 5.67. The fourth-order valence-electron chi connectivity index (χ4n) is 1.34. The number of nitrogens with zero attached hydrogens (tertiary/aromatic N) is 2. The minimum atomic E-state index is -0.784. The molecule has 18 heavy (non-hydrogen) atoms. The lowest BCUT2D eigenvalue weighted by atomic mass is 10.4. The van der Waals surface area contributed by atoms with Gasteiger partial charge < -0.3 is 5.32 Å². The summed E-state index contributed by atoms with van der Waals surface area (Å²) >= 11 is 3.25. The average Bonchev–Trinajstić information content (AvgIpc) is 2.33. The molecule has 1 heterocycles. The predicted octanol–water partition coefficient (Wildman–Crippen LogP) is 1.37. The third-order valence-corrected chi connectivity index (χ3v) is 3.84. The van der Waals surface area contributed by atoms with E-state index in [0.717, 1.165) is 6.42 Å². The second-order valence-electron chi connectivity index (χ2n) is 3.71. The molecule has 5 nitrogen and oxygen atoms in total. The monoisotopic (exact) mass is 333 g/mol. The quantitative estimate of drug-likeness (QED) is 0.604. The highest BCUT2D eigenvalue weighted by Crippen LogP contribution is 2.15. The van der Waals surface area contributed by atoms with Crippen LogP contribution in [-0.2, 0) is 17.3 Å². The van der Waals surface area contributed by atoms with Crippen molar-refractivity contribution in [1.29, 1.82) is 0 Å². The second kappa shape index (κ2) is 7.48. The van der Waals surface area contributed by atoms with Gasteiger partial charge >= 0.3 is 0 Å². The van der Waals surface area contributed by atoms with Gasteiger partial charge in [0.2, 0.25) is 0 Å². The van der Waals surface area contributed by atoms with Crippen molar-refractivity contribution in [2.24, 2.45) is 0 Å². The van der Waals surface area contributed by atoms with E-state index in [2.05, 4.69) is 32.9 Å². The molecule has 0 fully saturated rings. The predicted molar refractivity (Wildman–Crippen MR) is 78.4 cm³/mol. The first-order chi connectivity index (χ1) is 8.56. The standard InChI is InChI=1S/C11H16BrN3O2S/c1-3-6-15-11(16)10(12)9(8-14-15)13-5-4-7-18(2)17/h3,8,13H,1,4-7H2,2H3. The Labute approximate surface area is 117 Å². The summed E-state index contributed by atoms with van der Waals surface area (Å²) in [7, 11) is -0.784. The molecule has 0 aromatic carbocycles. The van der Waals surface area contributed by atoms with Crippen LogP contribution in [0.25, 0.3) is 0 Å². The minimum absolute atomic E-state index is 0.195. The molecule has 0 saturated heterocycles. The zero-order valence-electron chi connectivity index (χ0n) is 10.2. The van der Waals surface area contributed by atoms with Gasteiger partial charge in [-0.2, -0.15) is 5.10 Å². The first-order valence-electron chi connectivity index (χ1n) is 5.46. The molecule has 0 aliphatic rings. The number of allylic oxidation sites excluding steroid dienone is 1. The van der Waals surface area contributed by atoms with Crippen molar-refractivity contribution in [1.82, 2.24) is 9.78 Å². The molecular formula is C11H16BrN3O2S. The van der Waals surface area contributed by atoms with Crippen LogP contribution in [0.4, 0.5) is 5.69 Å². The lowest BCUT2D eigenvalue weighted by Gasteiger charge is -2.09. The van der Waals surface area contributed by atoms with Crippen LogP contribution in [0.5, 0.6) is 0 Å². The molecule has 1 aromatic heterocycles. The molecule has 7 heteroatoms. The van der Waals surface area contributed by atoms with Gasteiger partial charge in [-0.15, -0.1) is 6.58 Å². The van der Waals surface area contributed by atoms with Gasteiger partial charge in [-0.05, 0) is 22.4 Å². The van der Waals surface area contributed by atoms with E-state index in [1.807, 2.05) is 0 Å². The zero-order chi connectivity index (χ0) is 13.5. The maximum Gasteiger partial charge on any atom is 0.283 e. The van der Waals surface area contributed by atoms with E-state index in [-0.39, 0.29) is 5.56 Å². The molecule has 1 atom stereocenters. The third-order valence-electron chi connectivity index (χ3n) is 2.21. The molecule has 0 saturated carbocycles. The van der Waals surface area contributed by atoms with Crippen molar-refractivity contribution in [3.63, 3.8) is 0 Å². The number of nitrogens with one attached hydrogen (secondary N) is 1. The van der Waals surface area contributed by atoms with Gasteiger partial charge in [-0.3, -0.25) is 9.00 Å². The topological polar surface area (TPSA) is 64.0 Å². The van der Waals surface area contributed by atoms with Crippen molar-refractivity contribution in [2.75, 3.05) is 23.9 Å². The fraction of sp³-hybridized carbons (Fsp3) is 0.455. The van der Waals surface area contributed by atoms with E-state index in [0.29, 0.717) is 29.0 Å². The highest BCUT2D eigenvalue weighted by Gasteiger charge is 2.07. The summed E-state index contributed by atoms with van der Waals surface area (Å²) in [5, 5.41) is 7.12. The van der Waals surface area contributed by atoms with Crippen molar-refractivity contribution >= 4 is 32.4 Å². The van der Waals surface area contributed by atoms with E-state index in [9.17, 15) is 9.00 Å². The molecule has 1 rings (SSSR count). The van der Waals surface area contributed by atoms with Crippen LogP contribution in [0.3, 0.4) is 0 Å². The summed E-state index contributed by atoms with van der Waals surface area (Å²) in [4.78, 5) is 11.8. The lowest BCUT2D eigenvalue weighted by molar-refractivity contribution is 0.648. The largest absolute Gasteiger partial charge is 0.383 e. The highest BCUT2D eigenvalue weighted by atomic mass is 79.9. The van der Waals surface area contributed by atoms with Gasteiger partial charge in [0.25, 0.3) is 5.56 Å². The van der Waals surface area contributed by atoms with Crippen LogP contribution >= 0.6 is 15.9 Å².